The van der Waals surface area contributed by atoms with Gasteiger partial charge in [-0.3, -0.25) is 0 Å². The molecule has 2 N–H and O–H groups in total. The Bertz CT molecular complexity index is 507. The third kappa shape index (κ3) is 5.73. The van der Waals surface area contributed by atoms with Crippen molar-refractivity contribution in [2.24, 2.45) is 4.99 Å². The maximum atomic E-state index is 5.77. The van der Waals surface area contributed by atoms with Gasteiger partial charge in [0.05, 0.1) is 26.4 Å². The van der Waals surface area contributed by atoms with Gasteiger partial charge in [-0.05, 0) is 20.0 Å². The first-order valence-electron chi connectivity index (χ1n) is 8.17. The number of methoxy groups -OCH3 is 1. The second-order valence-corrected chi connectivity index (χ2v) is 5.64. The number of ether oxygens (including phenoxy) is 2. The molecule has 0 spiro atoms. The van der Waals surface area contributed by atoms with Gasteiger partial charge >= 0.3 is 0 Å². The van der Waals surface area contributed by atoms with Crippen molar-refractivity contribution >= 4 is 5.96 Å². The van der Waals surface area contributed by atoms with E-state index >= 15 is 0 Å². The van der Waals surface area contributed by atoms with Crippen LogP contribution in [0.15, 0.2) is 29.3 Å². The molecule has 1 fully saturated rings. The van der Waals surface area contributed by atoms with E-state index in [1.165, 1.54) is 0 Å². The lowest BCUT2D eigenvalue weighted by molar-refractivity contribution is -0.0161. The monoisotopic (exact) mass is 320 g/mol. The van der Waals surface area contributed by atoms with Gasteiger partial charge < -0.3 is 25.0 Å². The summed E-state index contributed by atoms with van der Waals surface area (Å²) < 4.78 is 11.1. The van der Waals surface area contributed by atoms with Crippen molar-refractivity contribution in [1.29, 1.82) is 0 Å². The number of guanidine groups is 1. The number of aliphatic imine (C=N–C) groups is 1. The van der Waals surface area contributed by atoms with Gasteiger partial charge in [0.25, 0.3) is 0 Å². The number of morpholine rings is 1. The minimum Gasteiger partial charge on any atom is -0.496 e. The lowest BCUT2D eigenvalue weighted by Crippen LogP contribution is -2.48. The van der Waals surface area contributed by atoms with Crippen LogP contribution in [0.4, 0.5) is 0 Å². The van der Waals surface area contributed by atoms with E-state index in [1.54, 1.807) is 7.11 Å². The Morgan fingerprint density at radius 3 is 2.96 bits per heavy atom. The highest BCUT2D eigenvalue weighted by molar-refractivity contribution is 5.79. The Kier molecular flexibility index (Phi) is 7.16. The molecule has 0 saturated carbocycles. The van der Waals surface area contributed by atoms with E-state index in [0.717, 1.165) is 50.1 Å². The third-order valence-corrected chi connectivity index (χ3v) is 3.78. The summed E-state index contributed by atoms with van der Waals surface area (Å²) >= 11 is 0. The van der Waals surface area contributed by atoms with E-state index in [9.17, 15) is 0 Å². The van der Waals surface area contributed by atoms with E-state index < -0.39 is 0 Å². The SMILES string of the molecule is CCNC(=NCc1ccccc1OC)NCC1CN(C)CCO1. The largest absolute Gasteiger partial charge is 0.496 e. The van der Waals surface area contributed by atoms with Crippen molar-refractivity contribution in [1.82, 2.24) is 15.5 Å². The third-order valence-electron chi connectivity index (χ3n) is 3.78. The normalized spacial score (nSPS) is 19.4. The summed E-state index contributed by atoms with van der Waals surface area (Å²) in [4.78, 5) is 6.93. The quantitative estimate of drug-likeness (QED) is 0.607. The number of benzene rings is 1. The van der Waals surface area contributed by atoms with Crippen molar-refractivity contribution in [3.05, 3.63) is 29.8 Å². The van der Waals surface area contributed by atoms with Crippen LogP contribution in [0.1, 0.15) is 12.5 Å². The van der Waals surface area contributed by atoms with Gasteiger partial charge in [0.15, 0.2) is 5.96 Å². The molecule has 1 heterocycles. The molecule has 128 valence electrons. The van der Waals surface area contributed by atoms with Crippen LogP contribution >= 0.6 is 0 Å². The van der Waals surface area contributed by atoms with Gasteiger partial charge in [-0.1, -0.05) is 18.2 Å². The molecule has 0 aromatic heterocycles. The van der Waals surface area contributed by atoms with Crippen molar-refractivity contribution < 1.29 is 9.47 Å². The van der Waals surface area contributed by atoms with Gasteiger partial charge in [-0.25, -0.2) is 4.99 Å². The summed E-state index contributed by atoms with van der Waals surface area (Å²) in [5.41, 5.74) is 1.07. The molecule has 0 amide bonds. The molecule has 6 heteroatoms. The fourth-order valence-corrected chi connectivity index (χ4v) is 2.54. The Balaban J connectivity index is 1.91. The second kappa shape index (κ2) is 9.37. The Labute approximate surface area is 138 Å². The number of hydrogen-bond acceptors (Lipinski definition) is 4. The molecular weight excluding hydrogens is 292 g/mol. The predicted molar refractivity (Wildman–Crippen MR) is 93.0 cm³/mol. The molecule has 0 bridgehead atoms. The zero-order chi connectivity index (χ0) is 16.5. The molecule has 6 nitrogen and oxygen atoms in total. The highest BCUT2D eigenvalue weighted by Gasteiger charge is 2.17. The van der Waals surface area contributed by atoms with Gasteiger partial charge in [-0.2, -0.15) is 0 Å². The number of likely N-dealkylation sites (N-methyl/N-ethyl adjacent to an activating group) is 1. The molecule has 1 unspecified atom stereocenters. The van der Waals surface area contributed by atoms with Crippen molar-refractivity contribution in [2.75, 3.05) is 46.9 Å². The Morgan fingerprint density at radius 1 is 1.39 bits per heavy atom. The molecule has 0 radical (unpaired) electrons. The van der Waals surface area contributed by atoms with Gasteiger partial charge in [0, 0.05) is 31.7 Å². The first-order chi connectivity index (χ1) is 11.2. The molecule has 1 aromatic carbocycles. The number of hydrogen-bond donors (Lipinski definition) is 2. The van der Waals surface area contributed by atoms with Crippen molar-refractivity contribution in [3.8, 4) is 5.75 Å². The van der Waals surface area contributed by atoms with Gasteiger partial charge in [0.2, 0.25) is 0 Å². The lowest BCUT2D eigenvalue weighted by Gasteiger charge is -2.30. The van der Waals surface area contributed by atoms with Crippen LogP contribution in [0, 0.1) is 0 Å². The lowest BCUT2D eigenvalue weighted by atomic mass is 10.2. The minimum absolute atomic E-state index is 0.198. The van der Waals surface area contributed by atoms with Crippen LogP contribution in [-0.2, 0) is 11.3 Å². The second-order valence-electron chi connectivity index (χ2n) is 5.64. The summed E-state index contributed by atoms with van der Waals surface area (Å²) in [6.45, 7) is 6.94. The molecule has 1 aromatic rings. The highest BCUT2D eigenvalue weighted by atomic mass is 16.5. The zero-order valence-electron chi connectivity index (χ0n) is 14.3. The fraction of sp³-hybridized carbons (Fsp3) is 0.588. The van der Waals surface area contributed by atoms with Crippen LogP contribution in [-0.4, -0.2) is 63.9 Å². The zero-order valence-corrected chi connectivity index (χ0v) is 14.3. The van der Waals surface area contributed by atoms with E-state index in [1.807, 2.05) is 24.3 Å². The maximum absolute atomic E-state index is 5.77. The summed E-state index contributed by atoms with van der Waals surface area (Å²) in [7, 11) is 3.80. The molecule has 1 saturated heterocycles. The summed E-state index contributed by atoms with van der Waals surface area (Å²) in [5, 5.41) is 6.64. The number of para-hydroxylation sites is 1. The van der Waals surface area contributed by atoms with Crippen LogP contribution in [0.2, 0.25) is 0 Å². The molecule has 1 atom stereocenters. The molecule has 1 aliphatic heterocycles. The highest BCUT2D eigenvalue weighted by Crippen LogP contribution is 2.17. The van der Waals surface area contributed by atoms with Crippen molar-refractivity contribution in [3.63, 3.8) is 0 Å². The number of nitrogens with one attached hydrogen (secondary N) is 2. The maximum Gasteiger partial charge on any atom is 0.191 e. The first kappa shape index (κ1) is 17.6. The van der Waals surface area contributed by atoms with Crippen LogP contribution < -0.4 is 15.4 Å². The smallest absolute Gasteiger partial charge is 0.191 e. The standard InChI is InChI=1S/C17H28N4O2/c1-4-18-17(20-12-15-13-21(2)9-10-23-15)19-11-14-7-5-6-8-16(14)22-3/h5-8,15H,4,9-13H2,1-3H3,(H2,18,19,20). The Hall–Kier alpha value is -1.79. The van der Waals surface area contributed by atoms with Crippen LogP contribution in [0.5, 0.6) is 5.75 Å². The molecular formula is C17H28N4O2. The summed E-state index contributed by atoms with van der Waals surface area (Å²) in [6.07, 6.45) is 0.198. The molecule has 2 rings (SSSR count). The van der Waals surface area contributed by atoms with E-state index in [4.69, 9.17) is 9.47 Å². The average molecular weight is 320 g/mol. The average Bonchev–Trinajstić information content (AvgIpc) is 2.57. The van der Waals surface area contributed by atoms with E-state index in [2.05, 4.69) is 34.5 Å². The fourth-order valence-electron chi connectivity index (χ4n) is 2.54. The van der Waals surface area contributed by atoms with Crippen LogP contribution in [0.3, 0.4) is 0 Å². The van der Waals surface area contributed by atoms with Gasteiger partial charge in [-0.15, -0.1) is 0 Å². The summed E-state index contributed by atoms with van der Waals surface area (Å²) in [5.74, 6) is 1.67. The number of rotatable bonds is 6. The molecule has 1 aliphatic rings. The predicted octanol–water partition coefficient (Wildman–Crippen LogP) is 1.08. The molecule has 0 aliphatic carbocycles. The molecule has 23 heavy (non-hydrogen) atoms. The van der Waals surface area contributed by atoms with E-state index in [0.29, 0.717) is 6.54 Å². The topological polar surface area (TPSA) is 58.1 Å². The minimum atomic E-state index is 0.198. The summed E-state index contributed by atoms with van der Waals surface area (Å²) in [6, 6.07) is 7.95. The first-order valence-corrected chi connectivity index (χ1v) is 8.17. The van der Waals surface area contributed by atoms with Gasteiger partial charge in [0.1, 0.15) is 5.75 Å². The van der Waals surface area contributed by atoms with E-state index in [-0.39, 0.29) is 6.10 Å². The van der Waals surface area contributed by atoms with Crippen LogP contribution in [0.25, 0.3) is 0 Å². The Morgan fingerprint density at radius 2 is 2.22 bits per heavy atom. The van der Waals surface area contributed by atoms with Crippen molar-refractivity contribution in [2.45, 2.75) is 19.6 Å². The number of nitrogens with zero attached hydrogens (tertiary/aromatic N) is 2.